The quantitative estimate of drug-likeness (QED) is 0.712. The molecule has 0 bridgehead atoms. The van der Waals surface area contributed by atoms with Crippen molar-refractivity contribution in [3.63, 3.8) is 0 Å². The molecule has 2 aliphatic rings. The van der Waals surface area contributed by atoms with E-state index in [1.54, 1.807) is 0 Å². The van der Waals surface area contributed by atoms with Gasteiger partial charge in [-0.25, -0.2) is 4.98 Å². The smallest absolute Gasteiger partial charge is 0.231 e. The van der Waals surface area contributed by atoms with Gasteiger partial charge in [-0.3, -0.25) is 4.79 Å². The van der Waals surface area contributed by atoms with Gasteiger partial charge in [-0.05, 0) is 62.0 Å². The number of rotatable bonds is 6. The lowest BCUT2D eigenvalue weighted by Crippen LogP contribution is -2.41. The van der Waals surface area contributed by atoms with Crippen LogP contribution in [0.15, 0.2) is 59.3 Å². The summed E-state index contributed by atoms with van der Waals surface area (Å²) >= 11 is 0. The van der Waals surface area contributed by atoms with E-state index < -0.39 is 5.41 Å². The summed E-state index contributed by atoms with van der Waals surface area (Å²) in [6.07, 6.45) is 5.70. The first-order valence-corrected chi connectivity index (χ1v) is 10.2. The lowest BCUT2D eigenvalue weighted by atomic mass is 9.93. The Morgan fingerprint density at radius 1 is 1.14 bits per heavy atom. The van der Waals surface area contributed by atoms with Crippen LogP contribution in [-0.2, 0) is 10.2 Å². The van der Waals surface area contributed by atoms with Gasteiger partial charge in [0.2, 0.25) is 5.91 Å². The molecule has 1 N–H and O–H groups in total. The van der Waals surface area contributed by atoms with E-state index in [0.29, 0.717) is 0 Å². The van der Waals surface area contributed by atoms with Crippen LogP contribution in [0, 0.1) is 0 Å². The molecule has 0 radical (unpaired) electrons. The molecule has 0 spiro atoms. The lowest BCUT2D eigenvalue weighted by Gasteiger charge is -2.27. The summed E-state index contributed by atoms with van der Waals surface area (Å²) in [5.74, 6) is 0.124. The van der Waals surface area contributed by atoms with E-state index in [-0.39, 0.29) is 11.9 Å². The molecular weight excluding hydrogens is 350 g/mol. The van der Waals surface area contributed by atoms with Crippen LogP contribution in [0.1, 0.15) is 42.9 Å². The zero-order valence-electron chi connectivity index (χ0n) is 15.9. The molecule has 28 heavy (non-hydrogen) atoms. The van der Waals surface area contributed by atoms with Crippen molar-refractivity contribution in [2.45, 2.75) is 37.1 Å². The summed E-state index contributed by atoms with van der Waals surface area (Å²) in [5, 5.41) is 3.38. The average Bonchev–Trinajstić information content (AvgIpc) is 3.14. The van der Waals surface area contributed by atoms with Crippen LogP contribution in [0.2, 0.25) is 0 Å². The predicted molar refractivity (Wildman–Crippen MR) is 108 cm³/mol. The van der Waals surface area contributed by atoms with Gasteiger partial charge in [-0.15, -0.1) is 0 Å². The van der Waals surface area contributed by atoms with Gasteiger partial charge in [0.05, 0.1) is 11.5 Å². The molecule has 0 unspecified atom stereocenters. The van der Waals surface area contributed by atoms with E-state index in [0.717, 1.165) is 49.1 Å². The largest absolute Gasteiger partial charge is 0.443 e. The number of oxazole rings is 1. The summed E-state index contributed by atoms with van der Waals surface area (Å²) in [6, 6.07) is 16.3. The normalized spacial score (nSPS) is 19.6. The molecule has 2 aromatic carbocycles. The van der Waals surface area contributed by atoms with E-state index in [1.165, 1.54) is 24.8 Å². The van der Waals surface area contributed by atoms with Crippen molar-refractivity contribution in [2.24, 2.45) is 0 Å². The van der Waals surface area contributed by atoms with Gasteiger partial charge in [0, 0.05) is 6.54 Å². The van der Waals surface area contributed by atoms with Crippen LogP contribution in [0.5, 0.6) is 0 Å². The van der Waals surface area contributed by atoms with Gasteiger partial charge in [0.15, 0.2) is 12.0 Å². The number of fused-ring (bicyclic) bond motifs is 1. The highest BCUT2D eigenvalue weighted by Crippen LogP contribution is 2.49. The summed E-state index contributed by atoms with van der Waals surface area (Å²) in [7, 11) is 0. The Hall–Kier alpha value is -2.66. The number of aromatic nitrogens is 1. The first kappa shape index (κ1) is 17.4. The van der Waals surface area contributed by atoms with Crippen LogP contribution in [0.3, 0.4) is 0 Å². The number of carbonyl (C=O) groups is 1. The topological polar surface area (TPSA) is 58.4 Å². The maximum atomic E-state index is 13.4. The Labute approximate surface area is 164 Å². The fraction of sp³-hybridized carbons (Fsp3) is 0.391. The van der Waals surface area contributed by atoms with E-state index in [9.17, 15) is 4.79 Å². The molecule has 1 amide bonds. The molecule has 5 nitrogen and oxygen atoms in total. The van der Waals surface area contributed by atoms with Crippen molar-refractivity contribution in [3.05, 3.63) is 66.1 Å². The number of nitrogens with one attached hydrogen (secondary N) is 1. The molecule has 1 aromatic heterocycles. The van der Waals surface area contributed by atoms with Crippen molar-refractivity contribution in [3.8, 4) is 0 Å². The maximum Gasteiger partial charge on any atom is 0.231 e. The Balaban J connectivity index is 1.39. The average molecular weight is 375 g/mol. The van der Waals surface area contributed by atoms with Crippen molar-refractivity contribution < 1.29 is 9.21 Å². The Morgan fingerprint density at radius 3 is 2.68 bits per heavy atom. The van der Waals surface area contributed by atoms with E-state index in [1.807, 2.05) is 36.4 Å². The molecule has 5 rings (SSSR count). The second-order valence-corrected chi connectivity index (χ2v) is 8.06. The van der Waals surface area contributed by atoms with Crippen LogP contribution in [0.4, 0.5) is 0 Å². The summed E-state index contributed by atoms with van der Waals surface area (Å²) in [6.45, 7) is 3.10. The van der Waals surface area contributed by atoms with E-state index in [4.69, 9.17) is 4.42 Å². The minimum absolute atomic E-state index is 0.0123. The van der Waals surface area contributed by atoms with Gasteiger partial charge in [0.25, 0.3) is 0 Å². The maximum absolute atomic E-state index is 13.4. The minimum atomic E-state index is -0.432. The number of nitrogens with zero attached hydrogens (tertiary/aromatic N) is 2. The highest BCUT2D eigenvalue weighted by molar-refractivity contribution is 5.92. The summed E-state index contributed by atoms with van der Waals surface area (Å²) in [5.41, 5.74) is 3.34. The van der Waals surface area contributed by atoms with E-state index in [2.05, 4.69) is 27.3 Å². The third kappa shape index (κ3) is 3.20. The monoisotopic (exact) mass is 375 g/mol. The Morgan fingerprint density at radius 2 is 1.93 bits per heavy atom. The van der Waals surface area contributed by atoms with Gasteiger partial charge in [0.1, 0.15) is 5.52 Å². The Bertz CT molecular complexity index is 972. The summed E-state index contributed by atoms with van der Waals surface area (Å²) < 4.78 is 5.45. The number of amides is 1. The van der Waals surface area contributed by atoms with E-state index >= 15 is 0 Å². The first-order valence-electron chi connectivity index (χ1n) is 10.2. The molecule has 3 aromatic rings. The fourth-order valence-electron chi connectivity index (χ4n) is 4.36. The van der Waals surface area contributed by atoms with Gasteiger partial charge in [-0.1, -0.05) is 36.4 Å². The zero-order chi connectivity index (χ0) is 19.0. The number of benzene rings is 2. The van der Waals surface area contributed by atoms with Crippen LogP contribution < -0.4 is 5.32 Å². The number of hydrogen-bond donors (Lipinski definition) is 1. The second-order valence-electron chi connectivity index (χ2n) is 8.06. The number of likely N-dealkylation sites (tertiary alicyclic amines) is 1. The molecule has 2 heterocycles. The predicted octanol–water partition coefficient (Wildman–Crippen LogP) is 3.81. The molecule has 1 saturated carbocycles. The molecule has 2 fully saturated rings. The molecule has 1 saturated heterocycles. The van der Waals surface area contributed by atoms with Crippen LogP contribution in [-0.4, -0.2) is 35.4 Å². The molecule has 1 atom stereocenters. The van der Waals surface area contributed by atoms with Crippen LogP contribution >= 0.6 is 0 Å². The van der Waals surface area contributed by atoms with Crippen molar-refractivity contribution in [1.29, 1.82) is 0 Å². The number of hydrogen-bond acceptors (Lipinski definition) is 4. The van der Waals surface area contributed by atoms with Gasteiger partial charge >= 0.3 is 0 Å². The lowest BCUT2D eigenvalue weighted by molar-refractivity contribution is -0.124. The molecule has 1 aliphatic heterocycles. The highest BCUT2D eigenvalue weighted by atomic mass is 16.3. The highest BCUT2D eigenvalue weighted by Gasteiger charge is 2.52. The standard InChI is InChI=1S/C23H25N3O2/c27-22(23(10-11-23)18-8-9-19-21(14-18)28-16-24-19)25-20(15-26-12-4-5-13-26)17-6-2-1-3-7-17/h1-3,6-9,14,16,20H,4-5,10-13,15H2,(H,25,27)/t20-/m1/s1. The third-order valence-electron chi connectivity index (χ3n) is 6.22. The van der Waals surface area contributed by atoms with Crippen molar-refractivity contribution in [1.82, 2.24) is 15.2 Å². The number of carbonyl (C=O) groups excluding carboxylic acids is 1. The van der Waals surface area contributed by atoms with Crippen LogP contribution in [0.25, 0.3) is 11.1 Å². The molecule has 1 aliphatic carbocycles. The second kappa shape index (κ2) is 7.06. The zero-order valence-corrected chi connectivity index (χ0v) is 15.9. The van der Waals surface area contributed by atoms with Crippen molar-refractivity contribution >= 4 is 17.0 Å². The molecule has 5 heteroatoms. The van der Waals surface area contributed by atoms with Gasteiger partial charge < -0.3 is 14.6 Å². The third-order valence-corrected chi connectivity index (χ3v) is 6.22. The fourth-order valence-corrected chi connectivity index (χ4v) is 4.36. The van der Waals surface area contributed by atoms with Gasteiger partial charge in [-0.2, -0.15) is 0 Å². The SMILES string of the molecule is O=C(N[C@H](CN1CCCC1)c1ccccc1)C1(c2ccc3ncoc3c2)CC1. The minimum Gasteiger partial charge on any atom is -0.443 e. The molecular formula is C23H25N3O2. The molecule has 144 valence electrons. The summed E-state index contributed by atoms with van der Waals surface area (Å²) in [4.78, 5) is 20.0. The first-order chi connectivity index (χ1) is 13.7. The Kier molecular flexibility index (Phi) is 4.40. The van der Waals surface area contributed by atoms with Crippen molar-refractivity contribution in [2.75, 3.05) is 19.6 Å².